The molecule has 0 aliphatic carbocycles. The predicted octanol–water partition coefficient (Wildman–Crippen LogP) is 2.77. The summed E-state index contributed by atoms with van der Waals surface area (Å²) < 4.78 is 16.6. The van der Waals surface area contributed by atoms with Gasteiger partial charge in [-0.25, -0.2) is 0 Å². The largest absolute Gasteiger partial charge is 0.359 e. The average Bonchev–Trinajstić information content (AvgIpc) is 2.63. The van der Waals surface area contributed by atoms with Gasteiger partial charge in [-0.3, -0.25) is 0 Å². The van der Waals surface area contributed by atoms with Crippen LogP contribution in [0, 0.1) is 0 Å². The van der Waals surface area contributed by atoms with Crippen LogP contribution in [0.1, 0.15) is 27.2 Å². The van der Waals surface area contributed by atoms with E-state index in [4.69, 9.17) is 14.2 Å². The maximum Gasteiger partial charge on any atom is 0.180 e. The third-order valence-electron chi connectivity index (χ3n) is 2.13. The van der Waals surface area contributed by atoms with Gasteiger partial charge in [0.05, 0.1) is 6.61 Å². The summed E-state index contributed by atoms with van der Waals surface area (Å²) in [6, 6.07) is 0. The number of thioether (sulfide) groups is 1. The monoisotopic (exact) mass is 232 g/mol. The van der Waals surface area contributed by atoms with Crippen LogP contribution in [0.2, 0.25) is 0 Å². The first-order valence-corrected chi connectivity index (χ1v) is 6.28. The van der Waals surface area contributed by atoms with Crippen LogP contribution in [-0.2, 0) is 14.2 Å². The van der Waals surface area contributed by atoms with Crippen molar-refractivity contribution in [3.05, 3.63) is 11.5 Å². The molecule has 1 aliphatic heterocycles. The van der Waals surface area contributed by atoms with Crippen LogP contribution < -0.4 is 0 Å². The molecule has 1 rings (SSSR count). The maximum atomic E-state index is 5.81. The zero-order valence-electron chi connectivity index (χ0n) is 9.69. The Bertz CT molecular complexity index is 192. The summed E-state index contributed by atoms with van der Waals surface area (Å²) in [5.41, 5.74) is 0. The van der Waals surface area contributed by atoms with E-state index in [9.17, 15) is 0 Å². The van der Waals surface area contributed by atoms with Crippen LogP contribution in [-0.4, -0.2) is 31.0 Å². The Labute approximate surface area is 96.2 Å². The van der Waals surface area contributed by atoms with Gasteiger partial charge in [-0.05, 0) is 26.2 Å². The normalized spacial score (nSPS) is 25.3. The van der Waals surface area contributed by atoms with Crippen molar-refractivity contribution in [3.63, 3.8) is 0 Å². The molecule has 1 heterocycles. The fraction of sp³-hybridized carbons (Fsp3) is 0.818. The van der Waals surface area contributed by atoms with Gasteiger partial charge in [-0.15, -0.1) is 0 Å². The molecule has 0 amide bonds. The van der Waals surface area contributed by atoms with Gasteiger partial charge in [0.1, 0.15) is 4.93 Å². The van der Waals surface area contributed by atoms with Crippen molar-refractivity contribution in [3.8, 4) is 0 Å². The number of hydrogen-bond donors (Lipinski definition) is 0. The van der Waals surface area contributed by atoms with Gasteiger partial charge in [-0.2, -0.15) is 0 Å². The molecule has 0 bridgehead atoms. The first kappa shape index (κ1) is 13.0. The highest BCUT2D eigenvalue weighted by Gasteiger charge is 2.28. The van der Waals surface area contributed by atoms with Crippen LogP contribution in [0.5, 0.6) is 0 Å². The molecular weight excluding hydrogens is 212 g/mol. The first-order valence-electron chi connectivity index (χ1n) is 5.40. The van der Waals surface area contributed by atoms with Crippen LogP contribution >= 0.6 is 11.8 Å². The summed E-state index contributed by atoms with van der Waals surface area (Å²) >= 11 is 1.71. The van der Waals surface area contributed by atoms with E-state index in [0.29, 0.717) is 19.8 Å². The van der Waals surface area contributed by atoms with Gasteiger partial charge >= 0.3 is 0 Å². The van der Waals surface area contributed by atoms with E-state index in [1.165, 1.54) is 0 Å². The Balaban J connectivity index is 2.26. The van der Waals surface area contributed by atoms with Crippen molar-refractivity contribution >= 4 is 11.8 Å². The SMILES string of the molecule is CCOC(COC1(C)CC=CS1)OCC. The van der Waals surface area contributed by atoms with Crippen LogP contribution in [0.3, 0.4) is 0 Å². The lowest BCUT2D eigenvalue weighted by Gasteiger charge is -2.26. The van der Waals surface area contributed by atoms with Crippen molar-refractivity contribution in [2.75, 3.05) is 19.8 Å². The van der Waals surface area contributed by atoms with Gasteiger partial charge in [0.2, 0.25) is 0 Å². The highest BCUT2D eigenvalue weighted by atomic mass is 32.2. The summed E-state index contributed by atoms with van der Waals surface area (Å²) in [5.74, 6) is 0. The van der Waals surface area contributed by atoms with Crippen LogP contribution in [0.25, 0.3) is 0 Å². The van der Waals surface area contributed by atoms with E-state index >= 15 is 0 Å². The molecule has 1 unspecified atom stereocenters. The minimum Gasteiger partial charge on any atom is -0.359 e. The lowest BCUT2D eigenvalue weighted by molar-refractivity contribution is -0.178. The first-order chi connectivity index (χ1) is 7.20. The lowest BCUT2D eigenvalue weighted by atomic mass is 10.3. The summed E-state index contributed by atoms with van der Waals surface area (Å²) in [6.45, 7) is 7.80. The smallest absolute Gasteiger partial charge is 0.180 e. The number of ether oxygens (including phenoxy) is 3. The molecule has 4 heteroatoms. The molecule has 0 N–H and O–H groups in total. The van der Waals surface area contributed by atoms with Crippen molar-refractivity contribution in [2.24, 2.45) is 0 Å². The van der Waals surface area contributed by atoms with Crippen LogP contribution in [0.15, 0.2) is 11.5 Å². The van der Waals surface area contributed by atoms with E-state index in [-0.39, 0.29) is 11.2 Å². The second-order valence-corrected chi connectivity index (χ2v) is 4.85. The molecule has 0 aromatic rings. The molecule has 15 heavy (non-hydrogen) atoms. The van der Waals surface area contributed by atoms with Gasteiger partial charge in [-0.1, -0.05) is 17.8 Å². The van der Waals surface area contributed by atoms with E-state index < -0.39 is 0 Å². The fourth-order valence-electron chi connectivity index (χ4n) is 1.36. The Morgan fingerprint density at radius 3 is 2.47 bits per heavy atom. The van der Waals surface area contributed by atoms with Gasteiger partial charge in [0, 0.05) is 19.6 Å². The fourth-order valence-corrected chi connectivity index (χ4v) is 2.16. The molecule has 0 aromatic carbocycles. The average molecular weight is 232 g/mol. The lowest BCUT2D eigenvalue weighted by Crippen LogP contribution is -2.30. The molecular formula is C11H20O3S. The predicted molar refractivity (Wildman–Crippen MR) is 62.7 cm³/mol. The topological polar surface area (TPSA) is 27.7 Å². The third kappa shape index (κ3) is 4.55. The van der Waals surface area contributed by atoms with E-state index in [2.05, 4.69) is 18.4 Å². The van der Waals surface area contributed by atoms with Crippen molar-refractivity contribution < 1.29 is 14.2 Å². The van der Waals surface area contributed by atoms with Gasteiger partial charge < -0.3 is 14.2 Å². The minimum absolute atomic E-state index is 0.132. The highest BCUT2D eigenvalue weighted by molar-refractivity contribution is 8.03. The summed E-state index contributed by atoms with van der Waals surface area (Å²) in [5, 5.41) is 2.08. The van der Waals surface area contributed by atoms with E-state index in [0.717, 1.165) is 6.42 Å². The number of hydrogen-bond acceptors (Lipinski definition) is 4. The summed E-state index contributed by atoms with van der Waals surface area (Å²) in [7, 11) is 0. The van der Waals surface area contributed by atoms with Gasteiger partial charge in [0.15, 0.2) is 6.29 Å². The summed E-state index contributed by atoms with van der Waals surface area (Å²) in [4.78, 5) is -0.132. The number of rotatable bonds is 7. The molecule has 1 aliphatic rings. The molecule has 0 fully saturated rings. The second-order valence-electron chi connectivity index (χ2n) is 3.48. The zero-order valence-corrected chi connectivity index (χ0v) is 10.5. The summed E-state index contributed by atoms with van der Waals surface area (Å²) in [6.07, 6.45) is 2.84. The standard InChI is InChI=1S/C11H20O3S/c1-4-12-10(13-5-2)9-14-11(3)7-6-8-15-11/h6,8,10H,4-5,7,9H2,1-3H3. The van der Waals surface area contributed by atoms with E-state index in [1.54, 1.807) is 11.8 Å². The van der Waals surface area contributed by atoms with Crippen molar-refractivity contribution in [2.45, 2.75) is 38.4 Å². The molecule has 1 atom stereocenters. The zero-order chi connectivity index (χ0) is 11.1. The molecule has 88 valence electrons. The van der Waals surface area contributed by atoms with Crippen LogP contribution in [0.4, 0.5) is 0 Å². The molecule has 0 aromatic heterocycles. The quantitative estimate of drug-likeness (QED) is 0.631. The Kier molecular flexibility index (Phi) is 5.68. The van der Waals surface area contributed by atoms with Gasteiger partial charge in [0.25, 0.3) is 0 Å². The van der Waals surface area contributed by atoms with Crippen molar-refractivity contribution in [1.29, 1.82) is 0 Å². The molecule has 0 saturated heterocycles. The Morgan fingerprint density at radius 2 is 2.00 bits per heavy atom. The minimum atomic E-state index is -0.238. The Hall–Kier alpha value is -0.0300. The second kappa shape index (κ2) is 6.53. The van der Waals surface area contributed by atoms with E-state index in [1.807, 2.05) is 13.8 Å². The Morgan fingerprint density at radius 1 is 1.33 bits per heavy atom. The van der Waals surface area contributed by atoms with Crippen molar-refractivity contribution in [1.82, 2.24) is 0 Å². The highest BCUT2D eigenvalue weighted by Crippen LogP contribution is 2.37. The molecule has 0 radical (unpaired) electrons. The molecule has 0 spiro atoms. The molecule has 0 saturated carbocycles. The molecule has 3 nitrogen and oxygen atoms in total. The maximum absolute atomic E-state index is 5.81. The third-order valence-corrected chi connectivity index (χ3v) is 3.24.